The normalized spacial score (nSPS) is 13.6. The van der Waals surface area contributed by atoms with Crippen LogP contribution in [0.2, 0.25) is 5.02 Å². The van der Waals surface area contributed by atoms with Crippen LogP contribution in [0, 0.1) is 0 Å². The third-order valence-corrected chi connectivity index (χ3v) is 4.70. The Bertz CT molecular complexity index is 835. The predicted octanol–water partition coefficient (Wildman–Crippen LogP) is 2.02. The fourth-order valence-electron chi connectivity index (χ4n) is 2.85. The molecule has 0 atom stereocenters. The van der Waals surface area contributed by atoms with Crippen LogP contribution >= 0.6 is 11.6 Å². The second-order valence-electron chi connectivity index (χ2n) is 5.91. The number of aromatic nitrogens is 2. The Morgan fingerprint density at radius 3 is 2.92 bits per heavy atom. The fraction of sp³-hybridized carbons (Fsp3) is 0.389. The topological polar surface area (TPSA) is 64.4 Å². The number of nitrogens with zero attached hydrogens (tertiary/aromatic N) is 3. The maximum Gasteiger partial charge on any atom is 0.256 e. The van der Waals surface area contributed by atoms with Crippen LogP contribution in [0.15, 0.2) is 35.4 Å². The van der Waals surface area contributed by atoms with Gasteiger partial charge in [0.15, 0.2) is 0 Å². The number of halogens is 1. The number of fused-ring (bicyclic) bond motifs is 1. The number of rotatable bonds is 5. The highest BCUT2D eigenvalue weighted by molar-refractivity contribution is 6.31. The van der Waals surface area contributed by atoms with Gasteiger partial charge in [-0.3, -0.25) is 14.2 Å². The molecule has 25 heavy (non-hydrogen) atoms. The van der Waals surface area contributed by atoms with Gasteiger partial charge >= 0.3 is 0 Å². The zero-order chi connectivity index (χ0) is 17.8. The summed E-state index contributed by atoms with van der Waals surface area (Å²) in [6.45, 7) is 3.62. The molecule has 2 heterocycles. The van der Waals surface area contributed by atoms with Crippen molar-refractivity contribution in [1.29, 1.82) is 0 Å². The standard InChI is InChI=1S/C18H20ClN3O3/c1-2-21-12-20-16-9-22(8-7-14(16)18(21)24)17(23)11-25-10-13-5-3-4-6-15(13)19/h3-6,12H,2,7-11H2,1H3. The Hall–Kier alpha value is -2.18. The van der Waals surface area contributed by atoms with Gasteiger partial charge in [0.2, 0.25) is 5.91 Å². The number of ether oxygens (including phenoxy) is 1. The van der Waals surface area contributed by atoms with Crippen LogP contribution < -0.4 is 5.56 Å². The third kappa shape index (κ3) is 3.91. The molecule has 7 heteroatoms. The lowest BCUT2D eigenvalue weighted by molar-refractivity contribution is -0.137. The summed E-state index contributed by atoms with van der Waals surface area (Å²) in [5, 5.41) is 0.623. The van der Waals surface area contributed by atoms with Crippen LogP contribution in [0.1, 0.15) is 23.7 Å². The first-order chi connectivity index (χ1) is 12.1. The number of amides is 1. The van der Waals surface area contributed by atoms with Crippen molar-refractivity contribution in [2.24, 2.45) is 0 Å². The zero-order valence-electron chi connectivity index (χ0n) is 14.1. The van der Waals surface area contributed by atoms with Crippen molar-refractivity contribution in [3.8, 4) is 0 Å². The summed E-state index contributed by atoms with van der Waals surface area (Å²) in [7, 11) is 0. The van der Waals surface area contributed by atoms with Gasteiger partial charge in [0.25, 0.3) is 5.56 Å². The molecule has 1 aliphatic heterocycles. The van der Waals surface area contributed by atoms with Crippen molar-refractivity contribution in [1.82, 2.24) is 14.5 Å². The number of hydrogen-bond donors (Lipinski definition) is 0. The molecule has 2 aromatic rings. The Balaban J connectivity index is 1.58. The Morgan fingerprint density at radius 1 is 1.36 bits per heavy atom. The second-order valence-corrected chi connectivity index (χ2v) is 6.32. The van der Waals surface area contributed by atoms with Crippen molar-refractivity contribution in [2.75, 3.05) is 13.2 Å². The van der Waals surface area contributed by atoms with Gasteiger partial charge in [-0.05, 0) is 25.0 Å². The molecule has 0 unspecified atom stereocenters. The maximum absolute atomic E-state index is 12.3. The molecule has 1 amide bonds. The minimum atomic E-state index is -0.112. The monoisotopic (exact) mass is 361 g/mol. The molecule has 0 fully saturated rings. The van der Waals surface area contributed by atoms with Crippen LogP contribution in [-0.2, 0) is 35.6 Å². The number of carbonyl (C=O) groups is 1. The summed E-state index contributed by atoms with van der Waals surface area (Å²) in [4.78, 5) is 30.6. The van der Waals surface area contributed by atoms with Crippen LogP contribution in [0.4, 0.5) is 0 Å². The highest BCUT2D eigenvalue weighted by Gasteiger charge is 2.24. The Morgan fingerprint density at radius 2 is 2.16 bits per heavy atom. The highest BCUT2D eigenvalue weighted by atomic mass is 35.5. The predicted molar refractivity (Wildman–Crippen MR) is 94.4 cm³/mol. The van der Waals surface area contributed by atoms with Gasteiger partial charge < -0.3 is 9.64 Å². The number of hydrogen-bond acceptors (Lipinski definition) is 4. The van der Waals surface area contributed by atoms with Gasteiger partial charge in [-0.1, -0.05) is 29.8 Å². The molecule has 0 aliphatic carbocycles. The lowest BCUT2D eigenvalue weighted by atomic mass is 10.1. The molecule has 0 bridgehead atoms. The van der Waals surface area contributed by atoms with Crippen molar-refractivity contribution < 1.29 is 9.53 Å². The summed E-state index contributed by atoms with van der Waals surface area (Å²) >= 11 is 6.07. The molecular weight excluding hydrogens is 342 g/mol. The van der Waals surface area contributed by atoms with E-state index in [0.717, 1.165) is 5.56 Å². The van der Waals surface area contributed by atoms with E-state index in [1.165, 1.54) is 0 Å². The molecule has 1 aliphatic rings. The molecule has 0 N–H and O–H groups in total. The summed E-state index contributed by atoms with van der Waals surface area (Å²) in [5.74, 6) is -0.112. The molecule has 1 aromatic heterocycles. The Kier molecular flexibility index (Phi) is 5.50. The summed E-state index contributed by atoms with van der Waals surface area (Å²) in [5.41, 5.74) is 2.24. The second kappa shape index (κ2) is 7.80. The van der Waals surface area contributed by atoms with E-state index in [9.17, 15) is 9.59 Å². The first kappa shape index (κ1) is 17.6. The maximum atomic E-state index is 12.3. The lowest BCUT2D eigenvalue weighted by Gasteiger charge is -2.28. The minimum absolute atomic E-state index is 0.00503. The van der Waals surface area contributed by atoms with Gasteiger partial charge in [-0.15, -0.1) is 0 Å². The van der Waals surface area contributed by atoms with Gasteiger partial charge in [0, 0.05) is 23.7 Å². The average Bonchev–Trinajstić information content (AvgIpc) is 2.63. The molecule has 6 nitrogen and oxygen atoms in total. The molecule has 0 saturated heterocycles. The average molecular weight is 362 g/mol. The molecule has 0 spiro atoms. The number of benzene rings is 1. The largest absolute Gasteiger partial charge is 0.367 e. The number of carbonyl (C=O) groups excluding carboxylic acids is 1. The minimum Gasteiger partial charge on any atom is -0.367 e. The Labute approximate surface area is 151 Å². The van der Waals surface area contributed by atoms with E-state index in [1.807, 2.05) is 25.1 Å². The van der Waals surface area contributed by atoms with E-state index in [0.29, 0.717) is 42.3 Å². The smallest absolute Gasteiger partial charge is 0.256 e. The third-order valence-electron chi connectivity index (χ3n) is 4.33. The highest BCUT2D eigenvalue weighted by Crippen LogP contribution is 2.16. The number of aryl methyl sites for hydroxylation is 1. The van der Waals surface area contributed by atoms with Gasteiger partial charge in [-0.2, -0.15) is 0 Å². The fourth-order valence-corrected chi connectivity index (χ4v) is 3.04. The molecule has 0 saturated carbocycles. The van der Waals surface area contributed by atoms with E-state index < -0.39 is 0 Å². The molecular formula is C18H20ClN3O3. The van der Waals surface area contributed by atoms with Crippen LogP contribution in [0.5, 0.6) is 0 Å². The van der Waals surface area contributed by atoms with Gasteiger partial charge in [-0.25, -0.2) is 4.98 Å². The first-order valence-electron chi connectivity index (χ1n) is 8.26. The van der Waals surface area contributed by atoms with Crippen molar-refractivity contribution in [3.05, 3.63) is 62.8 Å². The van der Waals surface area contributed by atoms with Gasteiger partial charge in [0.1, 0.15) is 6.61 Å². The SMILES string of the molecule is CCn1cnc2c(c1=O)CCN(C(=O)COCc1ccccc1Cl)C2. The van der Waals surface area contributed by atoms with Crippen LogP contribution in [0.3, 0.4) is 0 Å². The molecule has 3 rings (SSSR count). The van der Waals surface area contributed by atoms with E-state index in [1.54, 1.807) is 21.9 Å². The lowest BCUT2D eigenvalue weighted by Crippen LogP contribution is -2.41. The molecule has 0 radical (unpaired) electrons. The summed E-state index contributed by atoms with van der Waals surface area (Å²) in [6.07, 6.45) is 2.07. The summed E-state index contributed by atoms with van der Waals surface area (Å²) in [6, 6.07) is 7.38. The first-order valence-corrected chi connectivity index (χ1v) is 8.64. The van der Waals surface area contributed by atoms with Crippen molar-refractivity contribution in [3.63, 3.8) is 0 Å². The van der Waals surface area contributed by atoms with Crippen molar-refractivity contribution in [2.45, 2.75) is 33.0 Å². The molecule has 132 valence electrons. The molecule has 1 aromatic carbocycles. The van der Waals surface area contributed by atoms with E-state index in [2.05, 4.69) is 4.98 Å². The van der Waals surface area contributed by atoms with Gasteiger partial charge in [0.05, 0.1) is 25.2 Å². The van der Waals surface area contributed by atoms with E-state index in [-0.39, 0.29) is 24.7 Å². The zero-order valence-corrected chi connectivity index (χ0v) is 14.8. The van der Waals surface area contributed by atoms with Crippen molar-refractivity contribution >= 4 is 17.5 Å². The quantitative estimate of drug-likeness (QED) is 0.817. The summed E-state index contributed by atoms with van der Waals surface area (Å²) < 4.78 is 7.09. The van der Waals surface area contributed by atoms with Crippen LogP contribution in [-0.4, -0.2) is 33.5 Å². The van der Waals surface area contributed by atoms with Crippen LogP contribution in [0.25, 0.3) is 0 Å². The van der Waals surface area contributed by atoms with E-state index >= 15 is 0 Å². The van der Waals surface area contributed by atoms with E-state index in [4.69, 9.17) is 16.3 Å².